The highest BCUT2D eigenvalue weighted by atomic mass is 16.5. The number of hydrogen-bond acceptors (Lipinski definition) is 5. The molecule has 53 heavy (non-hydrogen) atoms. The Morgan fingerprint density at radius 2 is 1.58 bits per heavy atom. The number of nitrogens with one attached hydrogen (secondary N) is 2. The van der Waals surface area contributed by atoms with Crippen molar-refractivity contribution in [1.82, 2.24) is 10.6 Å². The van der Waals surface area contributed by atoms with E-state index in [1.807, 2.05) is 24.3 Å². The molecule has 0 spiro atoms. The summed E-state index contributed by atoms with van der Waals surface area (Å²) < 4.78 is 4.91. The van der Waals surface area contributed by atoms with Crippen molar-refractivity contribution in [3.8, 4) is 0 Å². The summed E-state index contributed by atoms with van der Waals surface area (Å²) in [4.78, 5) is 39.7. The van der Waals surface area contributed by atoms with Crippen molar-refractivity contribution in [1.29, 1.82) is 0 Å². The molecule has 6 saturated carbocycles. The quantitative estimate of drug-likeness (QED) is 0.184. The Morgan fingerprint density at radius 3 is 2.30 bits per heavy atom. The van der Waals surface area contributed by atoms with Gasteiger partial charge in [0.25, 0.3) is 5.91 Å². The number of fused-ring (bicyclic) bond motifs is 7. The van der Waals surface area contributed by atoms with E-state index in [0.29, 0.717) is 54.0 Å². The van der Waals surface area contributed by atoms with E-state index in [1.165, 1.54) is 38.4 Å². The van der Waals surface area contributed by atoms with Crippen molar-refractivity contribution in [2.24, 2.45) is 63.1 Å². The number of ether oxygens (including phenoxy) is 1. The number of amides is 2. The zero-order chi connectivity index (χ0) is 37.9. The predicted molar refractivity (Wildman–Crippen MR) is 209 cm³/mol. The Morgan fingerprint density at radius 1 is 0.868 bits per heavy atom. The Kier molecular flexibility index (Phi) is 10.5. The van der Waals surface area contributed by atoms with E-state index in [9.17, 15) is 19.5 Å². The Hall–Kier alpha value is -2.67. The van der Waals surface area contributed by atoms with Crippen LogP contribution in [0.25, 0.3) is 0 Å². The summed E-state index contributed by atoms with van der Waals surface area (Å²) in [6, 6.07) is 7.87. The number of carbonyl (C=O) groups is 3. The first-order chi connectivity index (χ1) is 25.2. The molecule has 7 heteroatoms. The van der Waals surface area contributed by atoms with Gasteiger partial charge in [-0.15, -0.1) is 0 Å². The molecular weight excluding hydrogens is 661 g/mol. The van der Waals surface area contributed by atoms with E-state index >= 15 is 0 Å². The molecule has 0 aromatic heterocycles. The van der Waals surface area contributed by atoms with Gasteiger partial charge in [-0.25, -0.2) is 0 Å². The van der Waals surface area contributed by atoms with Crippen LogP contribution in [-0.4, -0.2) is 48.7 Å². The van der Waals surface area contributed by atoms with Crippen molar-refractivity contribution in [2.75, 3.05) is 13.7 Å². The van der Waals surface area contributed by atoms with E-state index in [1.54, 1.807) is 0 Å². The topological polar surface area (TPSA) is 105 Å². The minimum atomic E-state index is -0.333. The Balaban J connectivity index is 1.01. The van der Waals surface area contributed by atoms with E-state index in [4.69, 9.17) is 4.74 Å². The average Bonchev–Trinajstić information content (AvgIpc) is 3.55. The molecule has 10 unspecified atom stereocenters. The maximum atomic E-state index is 14.6. The van der Waals surface area contributed by atoms with Gasteiger partial charge in [-0.1, -0.05) is 52.0 Å². The summed E-state index contributed by atoms with van der Waals surface area (Å²) in [5, 5.41) is 17.7. The van der Waals surface area contributed by atoms with Crippen LogP contribution >= 0.6 is 0 Å². The fourth-order valence-electron chi connectivity index (χ4n) is 14.5. The molecule has 0 saturated heterocycles. The first-order valence-corrected chi connectivity index (χ1v) is 21.2. The molecule has 6 aliphatic carbocycles. The molecule has 0 bridgehead atoms. The third kappa shape index (κ3) is 6.51. The van der Waals surface area contributed by atoms with Gasteiger partial charge in [0, 0.05) is 18.2 Å². The van der Waals surface area contributed by atoms with Crippen LogP contribution in [0, 0.1) is 63.1 Å². The second-order valence-electron chi connectivity index (χ2n) is 19.8. The van der Waals surface area contributed by atoms with Gasteiger partial charge in [0.15, 0.2) is 0 Å². The average molecular weight is 729 g/mol. The minimum Gasteiger partial charge on any atom is -0.469 e. The number of carbonyl (C=O) groups excluding carboxylic acids is 3. The van der Waals surface area contributed by atoms with Crippen LogP contribution < -0.4 is 10.6 Å². The molecule has 3 N–H and O–H groups in total. The smallest absolute Gasteiger partial charge is 0.308 e. The van der Waals surface area contributed by atoms with Crippen LogP contribution in [-0.2, 0) is 20.7 Å². The molecule has 10 atom stereocenters. The summed E-state index contributed by atoms with van der Waals surface area (Å²) in [6.45, 7) is 17.1. The van der Waals surface area contributed by atoms with E-state index in [0.717, 1.165) is 69.8 Å². The molecule has 0 aliphatic heterocycles. The van der Waals surface area contributed by atoms with Crippen molar-refractivity contribution in [2.45, 2.75) is 143 Å². The highest BCUT2D eigenvalue weighted by Crippen LogP contribution is 2.73. The lowest BCUT2D eigenvalue weighted by atomic mass is 9.36. The van der Waals surface area contributed by atoms with Crippen LogP contribution in [0.5, 0.6) is 0 Å². The summed E-state index contributed by atoms with van der Waals surface area (Å²) in [7, 11) is 1.43. The fraction of sp³-hybridized carbons (Fsp3) is 0.761. The molecule has 7 nitrogen and oxygen atoms in total. The van der Waals surface area contributed by atoms with Crippen molar-refractivity contribution in [3.05, 3.63) is 47.5 Å². The van der Waals surface area contributed by atoms with Gasteiger partial charge in [0.2, 0.25) is 5.91 Å². The number of allylic oxidation sites excluding steroid dienone is 1. The van der Waals surface area contributed by atoms with Gasteiger partial charge < -0.3 is 20.5 Å². The Labute approximate surface area is 319 Å². The monoisotopic (exact) mass is 729 g/mol. The van der Waals surface area contributed by atoms with Gasteiger partial charge in [-0.3, -0.25) is 14.4 Å². The van der Waals surface area contributed by atoms with Gasteiger partial charge in [-0.2, -0.15) is 0 Å². The summed E-state index contributed by atoms with van der Waals surface area (Å²) >= 11 is 0. The first kappa shape index (κ1) is 38.6. The number of esters is 1. The van der Waals surface area contributed by atoms with Crippen LogP contribution in [0.3, 0.4) is 0 Å². The van der Waals surface area contributed by atoms with E-state index < -0.39 is 0 Å². The molecule has 6 fully saturated rings. The maximum absolute atomic E-state index is 14.6. The summed E-state index contributed by atoms with van der Waals surface area (Å²) in [6.07, 6.45) is 14.6. The standard InChI is InChI=1S/C46H68N2O5/c1-28(2)33-17-24-46(42(52)47-26-21-29-9-8-10-31(27-29)40(50)48-32-13-11-30(12-14-32)41(51)53-7)25-18-35-34(39(33)46)15-16-37-44(35,5)22-19-36-43(3,4)38(49)20-23-45(36,37)6/h8-10,27,30,32-39,49H,1,11-26H2,2-7H3,(H,47,52)(H,48,50). The molecule has 6 aliphatic rings. The second-order valence-corrected chi connectivity index (χ2v) is 19.8. The third-order valence-electron chi connectivity index (χ3n) is 17.1. The predicted octanol–water partition coefficient (Wildman–Crippen LogP) is 8.44. The van der Waals surface area contributed by atoms with Crippen molar-refractivity contribution >= 4 is 17.8 Å². The van der Waals surface area contributed by atoms with Crippen LogP contribution in [0.15, 0.2) is 36.4 Å². The zero-order valence-corrected chi connectivity index (χ0v) is 33.6. The van der Waals surface area contributed by atoms with Crippen molar-refractivity contribution in [3.63, 3.8) is 0 Å². The number of rotatable bonds is 8. The number of benzene rings is 1. The maximum Gasteiger partial charge on any atom is 0.308 e. The lowest BCUT2D eigenvalue weighted by Crippen LogP contribution is -2.64. The molecule has 292 valence electrons. The van der Waals surface area contributed by atoms with Crippen LogP contribution in [0.1, 0.15) is 140 Å². The highest BCUT2D eigenvalue weighted by Gasteiger charge is 2.68. The zero-order valence-electron chi connectivity index (χ0n) is 33.6. The molecule has 0 heterocycles. The molecule has 1 aromatic carbocycles. The van der Waals surface area contributed by atoms with Crippen molar-refractivity contribution < 1.29 is 24.2 Å². The van der Waals surface area contributed by atoms with Crippen LogP contribution in [0.2, 0.25) is 0 Å². The number of hydrogen-bond donors (Lipinski definition) is 3. The molecular formula is C46H68N2O5. The SMILES string of the molecule is C=C(C)C1CCC2(C(=O)NCCc3cccc(C(=O)NC4CCC(C(=O)OC)CC4)c3)CCC3C(CCC4C3(C)CCC3C(C)(C)C(O)CCC34C)C12. The normalized spacial score (nSPS) is 41.5. The number of aliphatic hydroxyl groups is 1. The fourth-order valence-corrected chi connectivity index (χ4v) is 14.5. The van der Waals surface area contributed by atoms with Gasteiger partial charge in [0.1, 0.15) is 0 Å². The van der Waals surface area contributed by atoms with E-state index in [-0.39, 0.29) is 57.5 Å². The summed E-state index contributed by atoms with van der Waals surface area (Å²) in [5.74, 6) is 3.11. The molecule has 0 radical (unpaired) electrons. The van der Waals surface area contributed by atoms with Crippen LogP contribution in [0.4, 0.5) is 0 Å². The van der Waals surface area contributed by atoms with E-state index in [2.05, 4.69) is 51.8 Å². The number of aliphatic hydroxyl groups excluding tert-OH is 1. The van der Waals surface area contributed by atoms with Gasteiger partial charge >= 0.3 is 5.97 Å². The van der Waals surface area contributed by atoms with Gasteiger partial charge in [0.05, 0.1) is 24.5 Å². The highest BCUT2D eigenvalue weighted by molar-refractivity contribution is 5.94. The first-order valence-electron chi connectivity index (χ1n) is 21.2. The molecule has 2 amide bonds. The Bertz CT molecular complexity index is 1580. The largest absolute Gasteiger partial charge is 0.469 e. The second kappa shape index (κ2) is 14.4. The molecule has 1 aromatic rings. The lowest BCUT2D eigenvalue weighted by Gasteiger charge is -2.69. The minimum absolute atomic E-state index is 0.0392. The van der Waals surface area contributed by atoms with Gasteiger partial charge in [-0.05, 0) is 173 Å². The lowest BCUT2D eigenvalue weighted by molar-refractivity contribution is -0.216. The number of methoxy groups -OCH3 is 1. The third-order valence-corrected chi connectivity index (χ3v) is 17.1. The summed E-state index contributed by atoms with van der Waals surface area (Å²) in [5.41, 5.74) is 3.11. The molecule has 7 rings (SSSR count).